The maximum absolute atomic E-state index is 14.5. The first-order valence-corrected chi connectivity index (χ1v) is 16.5. The first-order chi connectivity index (χ1) is 22.4. The van der Waals surface area contributed by atoms with Crippen LogP contribution in [0, 0.1) is 5.92 Å². The molecule has 0 bridgehead atoms. The number of carbonyl (C=O) groups is 3. The highest BCUT2D eigenvalue weighted by atomic mass is 32.1. The largest absolute Gasteiger partial charge is 0.376 e. The van der Waals surface area contributed by atoms with Crippen LogP contribution in [0.15, 0.2) is 91.0 Å². The van der Waals surface area contributed by atoms with Gasteiger partial charge < -0.3 is 31.9 Å². The maximum atomic E-state index is 14.5. The van der Waals surface area contributed by atoms with E-state index in [2.05, 4.69) is 21.3 Å². The summed E-state index contributed by atoms with van der Waals surface area (Å²) in [4.78, 5) is 44.1. The topological polar surface area (TPSA) is 129 Å². The number of amides is 3. The molecule has 3 amide bonds. The van der Waals surface area contributed by atoms with Crippen LogP contribution in [0.4, 0.5) is 0 Å². The van der Waals surface area contributed by atoms with Gasteiger partial charge in [0, 0.05) is 12.6 Å². The Balaban J connectivity index is 1.38. The first kappa shape index (κ1) is 33.1. The zero-order chi connectivity index (χ0) is 32.5. The number of rotatable bonds is 12. The minimum atomic E-state index is -0.787. The molecule has 0 spiro atoms. The molecular weight excluding hydrogens is 597 g/mol. The zero-order valence-corrected chi connectivity index (χ0v) is 27.0. The van der Waals surface area contributed by atoms with Crippen molar-refractivity contribution in [2.75, 3.05) is 13.6 Å². The molecule has 6 N–H and O–H groups in total. The number of hydrogen-bond donors (Lipinski definition) is 5. The lowest BCUT2D eigenvalue weighted by molar-refractivity contribution is -0.143. The fourth-order valence-corrected chi connectivity index (χ4v) is 6.98. The molecule has 4 unspecified atom stereocenters. The van der Waals surface area contributed by atoms with E-state index in [4.69, 9.17) is 18.0 Å². The van der Waals surface area contributed by atoms with Crippen LogP contribution in [-0.2, 0) is 20.8 Å². The third-order valence-corrected chi connectivity index (χ3v) is 9.42. The van der Waals surface area contributed by atoms with Crippen molar-refractivity contribution < 1.29 is 14.4 Å². The zero-order valence-electron chi connectivity index (χ0n) is 26.2. The number of thiocarbonyl (C=S) groups is 1. The highest BCUT2D eigenvalue weighted by Crippen LogP contribution is 2.35. The van der Waals surface area contributed by atoms with Gasteiger partial charge in [0.05, 0.1) is 12.1 Å². The van der Waals surface area contributed by atoms with E-state index in [9.17, 15) is 14.4 Å². The molecule has 9 nitrogen and oxygen atoms in total. The summed E-state index contributed by atoms with van der Waals surface area (Å²) < 4.78 is 0. The molecule has 2 heterocycles. The highest BCUT2D eigenvalue weighted by molar-refractivity contribution is 7.80. The van der Waals surface area contributed by atoms with Crippen molar-refractivity contribution in [1.29, 1.82) is 0 Å². The molecule has 2 fully saturated rings. The number of fused-ring (bicyclic) bond motifs is 1. The standard InChI is InChI=1S/C36H44N6O3S/c1-38-29(23-24-11-5-2-6-12-24)33(43)41-32-27(21-22-39-36(37)46)17-18-28-19-20-30(42(28)35(32)45)34(44)40-31(25-13-7-3-8-14-25)26-15-9-4-10-16-26/h2-16,27-32,38H,17-23H2,1H3,(H,40,44)(H,41,43)(H3,37,39,46)/t27?,28?,29?,30-,32?/m0/s1. The molecule has 2 saturated heterocycles. The molecule has 2 aliphatic heterocycles. The summed E-state index contributed by atoms with van der Waals surface area (Å²) in [5.41, 5.74) is 8.63. The van der Waals surface area contributed by atoms with Gasteiger partial charge in [0.15, 0.2) is 5.11 Å². The molecule has 0 radical (unpaired) electrons. The summed E-state index contributed by atoms with van der Waals surface area (Å²) in [7, 11) is 1.75. The van der Waals surface area contributed by atoms with Crippen LogP contribution in [0.5, 0.6) is 0 Å². The summed E-state index contributed by atoms with van der Waals surface area (Å²) in [6, 6.07) is 27.1. The summed E-state index contributed by atoms with van der Waals surface area (Å²) >= 11 is 5.01. The molecule has 0 aliphatic carbocycles. The number of nitrogens with zero attached hydrogens (tertiary/aromatic N) is 1. The van der Waals surface area contributed by atoms with Crippen LogP contribution in [-0.4, -0.2) is 65.5 Å². The molecular formula is C36H44N6O3S. The van der Waals surface area contributed by atoms with Crippen molar-refractivity contribution in [3.8, 4) is 0 Å². The normalized spacial score (nSPS) is 21.6. The SMILES string of the molecule is CNC(Cc1ccccc1)C(=O)NC1C(=O)N2C(CCC1CCNC(N)=S)CC[C@H]2C(=O)NC(c1ccccc1)c1ccccc1. The van der Waals surface area contributed by atoms with Gasteiger partial charge in [-0.15, -0.1) is 0 Å². The second-order valence-electron chi connectivity index (χ2n) is 12.2. The Hall–Kier alpha value is -4.28. The van der Waals surface area contributed by atoms with Gasteiger partial charge in [-0.05, 0) is 80.4 Å². The van der Waals surface area contributed by atoms with Gasteiger partial charge in [-0.3, -0.25) is 14.4 Å². The van der Waals surface area contributed by atoms with Crippen molar-refractivity contribution >= 4 is 35.1 Å². The van der Waals surface area contributed by atoms with Gasteiger partial charge in [0.1, 0.15) is 12.1 Å². The lowest BCUT2D eigenvalue weighted by Crippen LogP contribution is -2.58. The molecule has 0 saturated carbocycles. The molecule has 3 aromatic rings. The van der Waals surface area contributed by atoms with E-state index in [0.29, 0.717) is 25.8 Å². The van der Waals surface area contributed by atoms with Crippen molar-refractivity contribution in [3.05, 3.63) is 108 Å². The van der Waals surface area contributed by atoms with Crippen LogP contribution >= 0.6 is 12.2 Å². The number of benzene rings is 3. The van der Waals surface area contributed by atoms with Gasteiger partial charge in [0.2, 0.25) is 17.7 Å². The summed E-state index contributed by atoms with van der Waals surface area (Å²) in [5.74, 6) is -0.795. The minimum Gasteiger partial charge on any atom is -0.376 e. The van der Waals surface area contributed by atoms with E-state index in [1.807, 2.05) is 91.0 Å². The molecule has 2 aliphatic rings. The van der Waals surface area contributed by atoms with Crippen LogP contribution in [0.25, 0.3) is 0 Å². The molecule has 3 aromatic carbocycles. The van der Waals surface area contributed by atoms with E-state index in [1.54, 1.807) is 11.9 Å². The fraction of sp³-hybridized carbons (Fsp3) is 0.389. The van der Waals surface area contributed by atoms with Crippen LogP contribution in [0.2, 0.25) is 0 Å². The maximum Gasteiger partial charge on any atom is 0.246 e. The van der Waals surface area contributed by atoms with E-state index < -0.39 is 18.1 Å². The predicted molar refractivity (Wildman–Crippen MR) is 184 cm³/mol. The van der Waals surface area contributed by atoms with Gasteiger partial charge in [0.25, 0.3) is 0 Å². The second-order valence-corrected chi connectivity index (χ2v) is 12.6. The van der Waals surface area contributed by atoms with Crippen LogP contribution in [0.1, 0.15) is 54.8 Å². The Kier molecular flexibility index (Phi) is 11.4. The van der Waals surface area contributed by atoms with Gasteiger partial charge in [-0.2, -0.15) is 0 Å². The summed E-state index contributed by atoms with van der Waals surface area (Å²) in [6.07, 6.45) is 3.86. The average Bonchev–Trinajstić information content (AvgIpc) is 3.46. The quantitative estimate of drug-likeness (QED) is 0.193. The van der Waals surface area contributed by atoms with Gasteiger partial charge in [-0.25, -0.2) is 0 Å². The predicted octanol–water partition coefficient (Wildman–Crippen LogP) is 3.20. The Labute approximate surface area is 276 Å². The number of nitrogens with two attached hydrogens (primary N) is 1. The third-order valence-electron chi connectivity index (χ3n) is 9.28. The number of carbonyl (C=O) groups excluding carboxylic acids is 3. The van der Waals surface area contributed by atoms with E-state index >= 15 is 0 Å². The minimum absolute atomic E-state index is 0.0764. The smallest absolute Gasteiger partial charge is 0.246 e. The number of hydrogen-bond acceptors (Lipinski definition) is 5. The van der Waals surface area contributed by atoms with Crippen molar-refractivity contribution in [2.45, 2.75) is 68.7 Å². The lowest BCUT2D eigenvalue weighted by atomic mass is 9.90. The Morgan fingerprint density at radius 3 is 2.07 bits per heavy atom. The van der Waals surface area contributed by atoms with Crippen molar-refractivity contribution in [1.82, 2.24) is 26.2 Å². The number of nitrogens with one attached hydrogen (secondary N) is 4. The van der Waals surface area contributed by atoms with E-state index in [0.717, 1.165) is 36.0 Å². The third kappa shape index (κ3) is 8.10. The molecule has 242 valence electrons. The number of likely N-dealkylation sites (N-methyl/N-ethyl adjacent to an activating group) is 1. The Bertz CT molecular complexity index is 1440. The van der Waals surface area contributed by atoms with Gasteiger partial charge in [-0.1, -0.05) is 91.0 Å². The van der Waals surface area contributed by atoms with E-state index in [1.165, 1.54) is 0 Å². The van der Waals surface area contributed by atoms with Crippen molar-refractivity contribution in [3.63, 3.8) is 0 Å². The molecule has 10 heteroatoms. The van der Waals surface area contributed by atoms with Crippen molar-refractivity contribution in [2.24, 2.45) is 11.7 Å². The van der Waals surface area contributed by atoms with Crippen LogP contribution in [0.3, 0.4) is 0 Å². The second kappa shape index (κ2) is 15.8. The molecule has 5 rings (SSSR count). The summed E-state index contributed by atoms with van der Waals surface area (Å²) in [6.45, 7) is 0.490. The Morgan fingerprint density at radius 2 is 1.48 bits per heavy atom. The summed E-state index contributed by atoms with van der Waals surface area (Å²) in [5, 5.41) is 12.7. The molecule has 5 atom stereocenters. The molecule has 46 heavy (non-hydrogen) atoms. The molecule has 0 aromatic heterocycles. The fourth-order valence-electron chi connectivity index (χ4n) is 6.88. The average molecular weight is 641 g/mol. The van der Waals surface area contributed by atoms with E-state index in [-0.39, 0.29) is 40.8 Å². The Morgan fingerprint density at radius 1 is 0.891 bits per heavy atom. The highest BCUT2D eigenvalue weighted by Gasteiger charge is 2.48. The monoisotopic (exact) mass is 640 g/mol. The van der Waals surface area contributed by atoms with Gasteiger partial charge >= 0.3 is 0 Å². The lowest BCUT2D eigenvalue weighted by Gasteiger charge is -2.33. The van der Waals surface area contributed by atoms with Crippen LogP contribution < -0.4 is 27.0 Å². The first-order valence-electron chi connectivity index (χ1n) is 16.1.